The number of primary amides is 1. The predicted molar refractivity (Wildman–Crippen MR) is 64.2 cm³/mol. The largest absolute Gasteiger partial charge is 0.417 e. The second-order valence-corrected chi connectivity index (χ2v) is 3.92. The standard InChI is InChI=1S/C12H10F3N3O/c13-12(14,15)8-4-2-1-3-6(8)9-5-7(11(17)19)10(16)18-9/h1-5,18H,16H2,(H2,17,19). The van der Waals surface area contributed by atoms with Gasteiger partial charge in [-0.1, -0.05) is 18.2 Å². The Balaban J connectivity index is 2.60. The molecule has 0 aliphatic heterocycles. The van der Waals surface area contributed by atoms with Crippen molar-refractivity contribution in [2.24, 2.45) is 5.73 Å². The highest BCUT2D eigenvalue weighted by Crippen LogP contribution is 2.37. The van der Waals surface area contributed by atoms with E-state index in [9.17, 15) is 18.0 Å². The summed E-state index contributed by atoms with van der Waals surface area (Å²) in [4.78, 5) is 13.6. The molecule has 1 heterocycles. The predicted octanol–water partition coefficient (Wildman–Crippen LogP) is 2.38. The van der Waals surface area contributed by atoms with E-state index in [-0.39, 0.29) is 22.6 Å². The fourth-order valence-corrected chi connectivity index (χ4v) is 1.78. The first-order valence-corrected chi connectivity index (χ1v) is 5.25. The molecule has 0 aliphatic rings. The lowest BCUT2D eigenvalue weighted by Crippen LogP contribution is -2.11. The minimum atomic E-state index is -4.50. The lowest BCUT2D eigenvalue weighted by Gasteiger charge is -2.11. The zero-order chi connectivity index (χ0) is 14.2. The van der Waals surface area contributed by atoms with E-state index < -0.39 is 17.6 Å². The van der Waals surface area contributed by atoms with Crippen LogP contribution in [-0.4, -0.2) is 10.9 Å². The van der Waals surface area contributed by atoms with Crippen LogP contribution in [0.5, 0.6) is 0 Å². The van der Waals surface area contributed by atoms with Crippen LogP contribution in [0.1, 0.15) is 15.9 Å². The minimum absolute atomic E-state index is 0.0352. The SMILES string of the molecule is NC(=O)c1cc(-c2ccccc2C(F)(F)F)[nH]c1N. The number of carbonyl (C=O) groups excluding carboxylic acids is 1. The molecule has 100 valence electrons. The molecule has 5 N–H and O–H groups in total. The number of nitrogens with two attached hydrogens (primary N) is 2. The topological polar surface area (TPSA) is 84.9 Å². The Kier molecular flexibility index (Phi) is 2.97. The molecule has 4 nitrogen and oxygen atoms in total. The molecular formula is C12H10F3N3O. The number of nitrogen functional groups attached to an aromatic ring is 1. The smallest absolute Gasteiger partial charge is 0.385 e. The van der Waals surface area contributed by atoms with E-state index in [2.05, 4.69) is 4.98 Å². The van der Waals surface area contributed by atoms with Crippen LogP contribution in [-0.2, 0) is 6.18 Å². The van der Waals surface area contributed by atoms with Crippen molar-refractivity contribution in [3.63, 3.8) is 0 Å². The monoisotopic (exact) mass is 269 g/mol. The van der Waals surface area contributed by atoms with Gasteiger partial charge in [0, 0.05) is 11.3 Å². The van der Waals surface area contributed by atoms with Gasteiger partial charge in [0.25, 0.3) is 5.91 Å². The quantitative estimate of drug-likeness (QED) is 0.781. The van der Waals surface area contributed by atoms with Gasteiger partial charge >= 0.3 is 6.18 Å². The molecule has 0 unspecified atom stereocenters. The van der Waals surface area contributed by atoms with Crippen LogP contribution >= 0.6 is 0 Å². The molecule has 2 aromatic rings. The Bertz CT molecular complexity index is 631. The number of halogens is 3. The fourth-order valence-electron chi connectivity index (χ4n) is 1.78. The summed E-state index contributed by atoms with van der Waals surface area (Å²) in [7, 11) is 0. The second kappa shape index (κ2) is 4.34. The zero-order valence-electron chi connectivity index (χ0n) is 9.58. The van der Waals surface area contributed by atoms with E-state index >= 15 is 0 Å². The van der Waals surface area contributed by atoms with Crippen LogP contribution in [0.25, 0.3) is 11.3 Å². The highest BCUT2D eigenvalue weighted by Gasteiger charge is 2.33. The van der Waals surface area contributed by atoms with Gasteiger partial charge in [0.15, 0.2) is 0 Å². The molecule has 2 rings (SSSR count). The van der Waals surface area contributed by atoms with Crippen LogP contribution in [0.4, 0.5) is 19.0 Å². The van der Waals surface area contributed by atoms with E-state index in [0.717, 1.165) is 6.07 Å². The Labute approximate surface area is 106 Å². The van der Waals surface area contributed by atoms with Crippen LogP contribution < -0.4 is 11.5 Å². The van der Waals surface area contributed by atoms with Gasteiger partial charge in [-0.05, 0) is 12.1 Å². The minimum Gasteiger partial charge on any atom is -0.385 e. The van der Waals surface area contributed by atoms with E-state index in [0.29, 0.717) is 0 Å². The molecule has 1 aromatic carbocycles. The number of alkyl halides is 3. The van der Waals surface area contributed by atoms with Crippen molar-refractivity contribution in [1.29, 1.82) is 0 Å². The number of hydrogen-bond donors (Lipinski definition) is 3. The molecule has 0 radical (unpaired) electrons. The van der Waals surface area contributed by atoms with Gasteiger partial charge in [-0.2, -0.15) is 13.2 Å². The summed E-state index contributed by atoms with van der Waals surface area (Å²) in [5.41, 5.74) is 9.73. The van der Waals surface area contributed by atoms with Crippen molar-refractivity contribution in [3.8, 4) is 11.3 Å². The maximum Gasteiger partial charge on any atom is 0.417 e. The third-order valence-electron chi connectivity index (χ3n) is 2.64. The number of amides is 1. The number of H-pyrrole nitrogens is 1. The molecule has 0 saturated carbocycles. The zero-order valence-corrected chi connectivity index (χ0v) is 9.58. The van der Waals surface area contributed by atoms with Crippen molar-refractivity contribution < 1.29 is 18.0 Å². The normalized spacial score (nSPS) is 11.5. The number of aromatic amines is 1. The number of benzene rings is 1. The van der Waals surface area contributed by atoms with E-state index in [1.807, 2.05) is 0 Å². The van der Waals surface area contributed by atoms with Crippen molar-refractivity contribution in [2.75, 3.05) is 5.73 Å². The average Bonchev–Trinajstić information content (AvgIpc) is 2.70. The van der Waals surface area contributed by atoms with Crippen molar-refractivity contribution in [3.05, 3.63) is 41.5 Å². The van der Waals surface area contributed by atoms with Gasteiger partial charge in [0.2, 0.25) is 0 Å². The summed E-state index contributed by atoms with van der Waals surface area (Å²) in [5, 5.41) is 0. The lowest BCUT2D eigenvalue weighted by molar-refractivity contribution is -0.137. The first kappa shape index (κ1) is 13.0. The summed E-state index contributed by atoms with van der Waals surface area (Å²) in [6.45, 7) is 0. The number of nitrogens with one attached hydrogen (secondary N) is 1. The second-order valence-electron chi connectivity index (χ2n) is 3.92. The Morgan fingerprint density at radius 1 is 1.21 bits per heavy atom. The van der Waals surface area contributed by atoms with Crippen molar-refractivity contribution >= 4 is 11.7 Å². The van der Waals surface area contributed by atoms with Crippen LogP contribution in [0.3, 0.4) is 0 Å². The molecule has 0 aliphatic carbocycles. The molecule has 1 amide bonds. The Morgan fingerprint density at radius 3 is 2.37 bits per heavy atom. The van der Waals surface area contributed by atoms with Gasteiger partial charge in [-0.25, -0.2) is 0 Å². The number of hydrogen-bond acceptors (Lipinski definition) is 2. The first-order valence-electron chi connectivity index (χ1n) is 5.25. The van der Waals surface area contributed by atoms with Crippen molar-refractivity contribution in [2.45, 2.75) is 6.18 Å². The van der Waals surface area contributed by atoms with Crippen molar-refractivity contribution in [1.82, 2.24) is 4.98 Å². The third kappa shape index (κ3) is 2.40. The maximum absolute atomic E-state index is 12.9. The van der Waals surface area contributed by atoms with Gasteiger partial charge in [-0.15, -0.1) is 0 Å². The van der Waals surface area contributed by atoms with Crippen LogP contribution in [0.2, 0.25) is 0 Å². The van der Waals surface area contributed by atoms with E-state index in [4.69, 9.17) is 11.5 Å². The summed E-state index contributed by atoms with van der Waals surface area (Å²) < 4.78 is 38.6. The molecule has 0 spiro atoms. The number of carbonyl (C=O) groups is 1. The van der Waals surface area contributed by atoms with Gasteiger partial charge in [-0.3, -0.25) is 4.79 Å². The average molecular weight is 269 g/mol. The summed E-state index contributed by atoms with van der Waals surface area (Å²) >= 11 is 0. The highest BCUT2D eigenvalue weighted by atomic mass is 19.4. The Hall–Kier alpha value is -2.44. The molecular weight excluding hydrogens is 259 g/mol. The van der Waals surface area contributed by atoms with Crippen LogP contribution in [0, 0.1) is 0 Å². The Morgan fingerprint density at radius 2 is 1.84 bits per heavy atom. The molecule has 19 heavy (non-hydrogen) atoms. The number of rotatable bonds is 2. The van der Waals surface area contributed by atoms with E-state index in [1.54, 1.807) is 0 Å². The molecule has 0 bridgehead atoms. The van der Waals surface area contributed by atoms with Gasteiger partial charge in [0.05, 0.1) is 11.1 Å². The van der Waals surface area contributed by atoms with E-state index in [1.165, 1.54) is 24.3 Å². The maximum atomic E-state index is 12.9. The fraction of sp³-hybridized carbons (Fsp3) is 0.0833. The van der Waals surface area contributed by atoms with Gasteiger partial charge < -0.3 is 16.5 Å². The number of aromatic nitrogens is 1. The first-order chi connectivity index (χ1) is 8.80. The third-order valence-corrected chi connectivity index (χ3v) is 2.64. The molecule has 0 saturated heterocycles. The van der Waals surface area contributed by atoms with Crippen LogP contribution in [0.15, 0.2) is 30.3 Å². The molecule has 1 aromatic heterocycles. The molecule has 0 atom stereocenters. The highest BCUT2D eigenvalue weighted by molar-refractivity contribution is 5.99. The lowest BCUT2D eigenvalue weighted by atomic mass is 10.0. The number of anilines is 1. The summed E-state index contributed by atoms with van der Waals surface area (Å²) in [5.74, 6) is -0.857. The van der Waals surface area contributed by atoms with Gasteiger partial charge in [0.1, 0.15) is 5.82 Å². The molecule has 0 fully saturated rings. The molecule has 7 heteroatoms. The summed E-state index contributed by atoms with van der Waals surface area (Å²) in [6, 6.07) is 6.20. The summed E-state index contributed by atoms with van der Waals surface area (Å²) in [6.07, 6.45) is -4.50.